The van der Waals surface area contributed by atoms with Crippen LogP contribution in [0.2, 0.25) is 0 Å². The third-order valence-corrected chi connectivity index (χ3v) is 21.9. The lowest BCUT2D eigenvalue weighted by molar-refractivity contribution is 0.972. The Kier molecular flexibility index (Phi) is 10.1. The van der Waals surface area contributed by atoms with Crippen LogP contribution in [0.4, 0.5) is 0 Å². The minimum Gasteiger partial charge on any atom is -0.309 e. The molecule has 0 radical (unpaired) electrons. The average Bonchev–Trinajstić information content (AvgIpc) is 1.72. The highest BCUT2D eigenvalue weighted by atomic mass is 32.1. The molecule has 0 aliphatic rings. The summed E-state index contributed by atoms with van der Waals surface area (Å²) < 4.78 is 14.9. The standard InChI is InChI=1S/C80H45N5S3/c1-7-19-67-53(13-1)56-32-25-46(49-28-35-62-59-16-4-10-22-73(59)86-76(62)42-49)39-70(56)83(67)52-31-38-66-65(45-52)79(84-68-20-8-2-14-54(68)57-33-26-47(40-71(57)84)50-29-36-63-60-17-5-11-23-74(60)87-77(63)43-50)82-80(81-66)85-69-21-9-3-15-55(69)58-34-27-48(41-72(58)85)51-30-37-64-61-18-6-12-24-75(61)88-78(64)44-51/h1-45H. The van der Waals surface area contributed by atoms with Crippen LogP contribution in [0.25, 0.3) is 188 Å². The Morgan fingerprint density at radius 3 is 1.00 bits per heavy atom. The lowest BCUT2D eigenvalue weighted by Crippen LogP contribution is -2.08. The first kappa shape index (κ1) is 48.5. The van der Waals surface area contributed by atoms with Crippen LogP contribution in [0.1, 0.15) is 0 Å². The Morgan fingerprint density at radius 2 is 0.545 bits per heavy atom. The van der Waals surface area contributed by atoms with E-state index in [1.54, 1.807) is 0 Å². The van der Waals surface area contributed by atoms with E-state index in [0.717, 1.165) is 88.2 Å². The SMILES string of the molecule is c1ccc2c(c1)sc1cc(-c3ccc4c5ccccc5n(-c5ccc6nc(-n7c8ccccc8c8ccc(-c9ccc%10c(c9)sc9ccccc9%10)cc87)nc(-n7c8ccccc8c8ccc(-c9ccc%10c(c9)sc9ccccc9%10)cc87)c6c5)c4c3)ccc12. The third-order valence-electron chi connectivity index (χ3n) is 18.5. The van der Waals surface area contributed by atoms with Gasteiger partial charge in [-0.2, -0.15) is 4.98 Å². The molecule has 0 saturated carbocycles. The van der Waals surface area contributed by atoms with Crippen molar-refractivity contribution >= 4 is 171 Å². The predicted octanol–water partition coefficient (Wildman–Crippen LogP) is 23.0. The molecule has 20 rings (SSSR count). The molecule has 5 nitrogen and oxygen atoms in total. The fourth-order valence-corrected chi connectivity index (χ4v) is 17.8. The summed E-state index contributed by atoms with van der Waals surface area (Å²) in [6, 6.07) is 101. The Balaban J connectivity index is 0.838. The lowest BCUT2D eigenvalue weighted by Gasteiger charge is -2.16. The molecule has 20 aromatic rings. The number of para-hydroxylation sites is 3. The second-order valence-corrected chi connectivity index (χ2v) is 26.5. The first-order valence-corrected chi connectivity index (χ1v) is 32.2. The van der Waals surface area contributed by atoms with Gasteiger partial charge in [-0.1, -0.05) is 182 Å². The molecule has 0 unspecified atom stereocenters. The van der Waals surface area contributed by atoms with Crippen molar-refractivity contribution in [2.45, 2.75) is 0 Å². The number of hydrogen-bond acceptors (Lipinski definition) is 5. The summed E-state index contributed by atoms with van der Waals surface area (Å²) >= 11 is 5.57. The molecule has 0 atom stereocenters. The van der Waals surface area contributed by atoms with E-state index in [0.29, 0.717) is 5.95 Å². The maximum atomic E-state index is 5.97. The summed E-state index contributed by atoms with van der Waals surface area (Å²) in [6.07, 6.45) is 0. The summed E-state index contributed by atoms with van der Waals surface area (Å²) in [6.45, 7) is 0. The molecule has 0 aliphatic carbocycles. The third kappa shape index (κ3) is 7.07. The van der Waals surface area contributed by atoms with Crippen LogP contribution < -0.4 is 0 Å². The molecule has 0 spiro atoms. The van der Waals surface area contributed by atoms with Crippen LogP contribution in [0.5, 0.6) is 0 Å². The molecule has 0 N–H and O–H groups in total. The summed E-state index contributed by atoms with van der Waals surface area (Å²) in [5.41, 5.74) is 15.4. The maximum absolute atomic E-state index is 5.97. The summed E-state index contributed by atoms with van der Waals surface area (Å²) in [5.74, 6) is 1.41. The zero-order valence-corrected chi connectivity index (χ0v) is 49.4. The number of nitrogens with zero attached hydrogens (tertiary/aromatic N) is 5. The number of thiophene rings is 3. The van der Waals surface area contributed by atoms with Crippen molar-refractivity contribution in [2.24, 2.45) is 0 Å². The van der Waals surface area contributed by atoms with E-state index in [-0.39, 0.29) is 0 Å². The smallest absolute Gasteiger partial charge is 0.237 e. The van der Waals surface area contributed by atoms with E-state index in [2.05, 4.69) is 287 Å². The molecule has 7 aromatic heterocycles. The van der Waals surface area contributed by atoms with E-state index >= 15 is 0 Å². The van der Waals surface area contributed by atoms with E-state index in [4.69, 9.17) is 9.97 Å². The van der Waals surface area contributed by atoms with Gasteiger partial charge in [0.15, 0.2) is 5.82 Å². The van der Waals surface area contributed by atoms with Gasteiger partial charge in [0.2, 0.25) is 5.95 Å². The Morgan fingerprint density at radius 1 is 0.216 bits per heavy atom. The van der Waals surface area contributed by atoms with Gasteiger partial charge in [-0.05, 0) is 124 Å². The second kappa shape index (κ2) is 18.4. The molecule has 0 amide bonds. The largest absolute Gasteiger partial charge is 0.309 e. The topological polar surface area (TPSA) is 40.6 Å². The fraction of sp³-hybridized carbons (Fsp3) is 0. The number of fused-ring (bicyclic) bond motifs is 19. The maximum Gasteiger partial charge on any atom is 0.237 e. The summed E-state index contributed by atoms with van der Waals surface area (Å²) in [5, 5.41) is 15.8. The highest BCUT2D eigenvalue weighted by Crippen LogP contribution is 2.45. The molecule has 0 fully saturated rings. The van der Waals surface area contributed by atoms with Gasteiger partial charge in [-0.3, -0.25) is 9.13 Å². The van der Waals surface area contributed by atoms with Crippen LogP contribution in [-0.4, -0.2) is 23.7 Å². The molecular weight excluding hydrogens is 1130 g/mol. The molecule has 0 bridgehead atoms. The molecule has 0 aliphatic heterocycles. The van der Waals surface area contributed by atoms with E-state index in [9.17, 15) is 0 Å². The number of benzene rings is 13. The van der Waals surface area contributed by atoms with Gasteiger partial charge in [0.1, 0.15) is 0 Å². The summed E-state index contributed by atoms with van der Waals surface area (Å²) in [7, 11) is 0. The minimum absolute atomic E-state index is 0.605. The van der Waals surface area contributed by atoms with Crippen molar-refractivity contribution in [1.82, 2.24) is 23.7 Å². The highest BCUT2D eigenvalue weighted by Gasteiger charge is 2.24. The van der Waals surface area contributed by atoms with Gasteiger partial charge >= 0.3 is 0 Å². The molecule has 88 heavy (non-hydrogen) atoms. The lowest BCUT2D eigenvalue weighted by atomic mass is 10.0. The van der Waals surface area contributed by atoms with Crippen molar-refractivity contribution in [1.29, 1.82) is 0 Å². The molecule has 7 heterocycles. The minimum atomic E-state index is 0.605. The van der Waals surface area contributed by atoms with Crippen LogP contribution in [0.15, 0.2) is 273 Å². The van der Waals surface area contributed by atoms with E-state index in [1.165, 1.54) is 93.5 Å². The predicted molar refractivity (Wildman–Crippen MR) is 378 cm³/mol. The van der Waals surface area contributed by atoms with Gasteiger partial charge in [0.25, 0.3) is 0 Å². The second-order valence-electron chi connectivity index (χ2n) is 23.2. The quantitative estimate of drug-likeness (QED) is 0.166. The van der Waals surface area contributed by atoms with Crippen molar-refractivity contribution in [3.05, 3.63) is 273 Å². The fourth-order valence-electron chi connectivity index (χ4n) is 14.4. The number of hydrogen-bond donors (Lipinski definition) is 0. The average molecular weight is 1170 g/mol. The number of rotatable bonds is 6. The first-order valence-electron chi connectivity index (χ1n) is 29.8. The van der Waals surface area contributed by atoms with Crippen LogP contribution in [0, 0.1) is 0 Å². The van der Waals surface area contributed by atoms with Crippen LogP contribution in [-0.2, 0) is 0 Å². The zero-order chi connectivity index (χ0) is 57.3. The van der Waals surface area contributed by atoms with Crippen molar-refractivity contribution in [3.8, 4) is 50.8 Å². The molecular formula is C80H45N5S3. The molecule has 13 aromatic carbocycles. The summed E-state index contributed by atoms with van der Waals surface area (Å²) in [4.78, 5) is 11.7. The molecule has 408 valence electrons. The van der Waals surface area contributed by atoms with Crippen LogP contribution in [0.3, 0.4) is 0 Å². The van der Waals surface area contributed by atoms with Crippen LogP contribution >= 0.6 is 34.0 Å². The first-order chi connectivity index (χ1) is 43.6. The van der Waals surface area contributed by atoms with Gasteiger partial charge in [0, 0.05) is 104 Å². The van der Waals surface area contributed by atoms with Gasteiger partial charge in [0.05, 0.1) is 38.6 Å². The zero-order valence-electron chi connectivity index (χ0n) is 46.9. The Bertz CT molecular complexity index is 6400. The monoisotopic (exact) mass is 1170 g/mol. The number of aromatic nitrogens is 5. The van der Waals surface area contributed by atoms with Gasteiger partial charge < -0.3 is 4.57 Å². The molecule has 0 saturated heterocycles. The van der Waals surface area contributed by atoms with E-state index in [1.807, 2.05) is 34.0 Å². The van der Waals surface area contributed by atoms with Gasteiger partial charge in [-0.25, -0.2) is 4.98 Å². The van der Waals surface area contributed by atoms with Gasteiger partial charge in [-0.15, -0.1) is 34.0 Å². The van der Waals surface area contributed by atoms with Crippen molar-refractivity contribution in [2.75, 3.05) is 0 Å². The Labute approximate surface area is 514 Å². The van der Waals surface area contributed by atoms with Crippen molar-refractivity contribution < 1.29 is 0 Å². The molecule has 8 heteroatoms. The Hall–Kier alpha value is -10.7. The normalized spacial score (nSPS) is 12.3. The van der Waals surface area contributed by atoms with E-state index < -0.39 is 0 Å². The van der Waals surface area contributed by atoms with Crippen molar-refractivity contribution in [3.63, 3.8) is 0 Å². The highest BCUT2D eigenvalue weighted by molar-refractivity contribution is 7.26.